The molecule has 1 fully saturated rings. The van der Waals surface area contributed by atoms with Crippen LogP contribution in [0.5, 0.6) is 0 Å². The fourth-order valence-electron chi connectivity index (χ4n) is 2.37. The summed E-state index contributed by atoms with van der Waals surface area (Å²) in [5.41, 5.74) is -0.0301. The van der Waals surface area contributed by atoms with Crippen molar-refractivity contribution in [3.63, 3.8) is 0 Å². The molecule has 0 unspecified atom stereocenters. The molecule has 0 spiro atoms. The zero-order valence-electron chi connectivity index (χ0n) is 12.9. The van der Waals surface area contributed by atoms with Gasteiger partial charge in [0.05, 0.1) is 6.20 Å². The summed E-state index contributed by atoms with van der Waals surface area (Å²) in [6.07, 6.45) is 5.32. The molecule has 6 heteroatoms. The molecule has 1 aliphatic rings. The smallest absolute Gasteiger partial charge is 0.274 e. The van der Waals surface area contributed by atoms with Crippen molar-refractivity contribution in [2.24, 2.45) is 5.41 Å². The van der Waals surface area contributed by atoms with Gasteiger partial charge < -0.3 is 9.80 Å². The zero-order chi connectivity index (χ0) is 15.5. The number of carbonyl (C=O) groups excluding carboxylic acids is 2. The lowest BCUT2D eigenvalue weighted by Gasteiger charge is -2.28. The van der Waals surface area contributed by atoms with Gasteiger partial charge in [0.25, 0.3) is 5.91 Å². The molecule has 1 saturated heterocycles. The second-order valence-corrected chi connectivity index (χ2v) is 6.28. The standard InChI is InChI=1S/C15H22N4O2/c1-15(2,3)14(21)19-8-4-7-18(9-10-19)13(20)12-11-16-5-6-17-12/h5-6,11H,4,7-10H2,1-3H3. The van der Waals surface area contributed by atoms with Gasteiger partial charge in [0.15, 0.2) is 0 Å². The minimum atomic E-state index is -0.385. The maximum absolute atomic E-state index is 12.3. The third-order valence-electron chi connectivity index (χ3n) is 3.49. The lowest BCUT2D eigenvalue weighted by atomic mass is 9.94. The lowest BCUT2D eigenvalue weighted by Crippen LogP contribution is -2.42. The highest BCUT2D eigenvalue weighted by Crippen LogP contribution is 2.19. The SMILES string of the molecule is CC(C)(C)C(=O)N1CCCN(C(=O)c2cnccn2)CC1. The van der Waals surface area contributed by atoms with Crippen LogP contribution in [-0.2, 0) is 4.79 Å². The van der Waals surface area contributed by atoms with E-state index in [1.54, 1.807) is 11.1 Å². The third-order valence-corrected chi connectivity index (χ3v) is 3.49. The Labute approximate surface area is 125 Å². The van der Waals surface area contributed by atoms with Gasteiger partial charge in [-0.3, -0.25) is 14.6 Å². The lowest BCUT2D eigenvalue weighted by molar-refractivity contribution is -0.139. The van der Waals surface area contributed by atoms with Gasteiger partial charge in [0.2, 0.25) is 5.91 Å². The van der Waals surface area contributed by atoms with Gasteiger partial charge in [0.1, 0.15) is 5.69 Å². The average Bonchev–Trinajstić information content (AvgIpc) is 2.71. The molecule has 114 valence electrons. The van der Waals surface area contributed by atoms with Crippen LogP contribution in [0.15, 0.2) is 18.6 Å². The molecule has 2 amide bonds. The molecule has 0 atom stereocenters. The van der Waals surface area contributed by atoms with Gasteiger partial charge >= 0.3 is 0 Å². The van der Waals surface area contributed by atoms with Crippen LogP contribution < -0.4 is 0 Å². The van der Waals surface area contributed by atoms with E-state index in [4.69, 9.17) is 0 Å². The summed E-state index contributed by atoms with van der Waals surface area (Å²) in [5.74, 6) is 0.0180. The van der Waals surface area contributed by atoms with Gasteiger partial charge in [0, 0.05) is 44.0 Å². The Hall–Kier alpha value is -1.98. The van der Waals surface area contributed by atoms with Crippen molar-refractivity contribution in [3.8, 4) is 0 Å². The summed E-state index contributed by atoms with van der Waals surface area (Å²) >= 11 is 0. The van der Waals surface area contributed by atoms with Crippen LogP contribution >= 0.6 is 0 Å². The Morgan fingerprint density at radius 1 is 1.05 bits per heavy atom. The number of hydrogen-bond donors (Lipinski definition) is 0. The van der Waals surface area contributed by atoms with Crippen LogP contribution in [-0.4, -0.2) is 57.8 Å². The number of carbonyl (C=O) groups is 2. The second-order valence-electron chi connectivity index (χ2n) is 6.28. The molecule has 1 aliphatic heterocycles. The number of hydrogen-bond acceptors (Lipinski definition) is 4. The van der Waals surface area contributed by atoms with Gasteiger partial charge in [-0.15, -0.1) is 0 Å². The van der Waals surface area contributed by atoms with Crippen molar-refractivity contribution in [2.75, 3.05) is 26.2 Å². The first kappa shape index (κ1) is 15.4. The van der Waals surface area contributed by atoms with Crippen LogP contribution in [0.1, 0.15) is 37.7 Å². The molecule has 21 heavy (non-hydrogen) atoms. The largest absolute Gasteiger partial charge is 0.340 e. The first-order valence-electron chi connectivity index (χ1n) is 7.24. The van der Waals surface area contributed by atoms with Crippen LogP contribution in [0.3, 0.4) is 0 Å². The highest BCUT2D eigenvalue weighted by Gasteiger charge is 2.29. The Morgan fingerprint density at radius 2 is 1.71 bits per heavy atom. The van der Waals surface area contributed by atoms with Gasteiger partial charge in [-0.2, -0.15) is 0 Å². The minimum Gasteiger partial charge on any atom is -0.340 e. The number of nitrogens with zero attached hydrogens (tertiary/aromatic N) is 4. The average molecular weight is 290 g/mol. The third kappa shape index (κ3) is 3.77. The van der Waals surface area contributed by atoms with Crippen LogP contribution in [0.2, 0.25) is 0 Å². The van der Waals surface area contributed by atoms with Crippen LogP contribution in [0.4, 0.5) is 0 Å². The molecule has 0 aliphatic carbocycles. The molecule has 6 nitrogen and oxygen atoms in total. The van der Waals surface area contributed by atoms with Gasteiger partial charge in [-0.1, -0.05) is 20.8 Å². The number of amides is 2. The summed E-state index contributed by atoms with van der Waals surface area (Å²) < 4.78 is 0. The van der Waals surface area contributed by atoms with E-state index in [-0.39, 0.29) is 17.2 Å². The predicted octanol–water partition coefficient (Wildman–Crippen LogP) is 1.20. The molecule has 2 rings (SSSR count). The molecule has 0 saturated carbocycles. The topological polar surface area (TPSA) is 66.4 Å². The van der Waals surface area contributed by atoms with Crippen molar-refractivity contribution in [3.05, 3.63) is 24.3 Å². The molecule has 0 bridgehead atoms. The first-order valence-corrected chi connectivity index (χ1v) is 7.24. The highest BCUT2D eigenvalue weighted by molar-refractivity contribution is 5.92. The molecule has 1 aromatic heterocycles. The van der Waals surface area contributed by atoms with E-state index in [2.05, 4.69) is 9.97 Å². The summed E-state index contributed by atoms with van der Waals surface area (Å²) in [7, 11) is 0. The zero-order valence-corrected chi connectivity index (χ0v) is 12.9. The van der Waals surface area contributed by atoms with Gasteiger partial charge in [-0.25, -0.2) is 4.98 Å². The van der Waals surface area contributed by atoms with E-state index in [0.717, 1.165) is 6.42 Å². The Morgan fingerprint density at radius 3 is 2.33 bits per heavy atom. The molecule has 2 heterocycles. The van der Waals surface area contributed by atoms with Crippen molar-refractivity contribution in [1.29, 1.82) is 0 Å². The van der Waals surface area contributed by atoms with Crippen molar-refractivity contribution < 1.29 is 9.59 Å². The highest BCUT2D eigenvalue weighted by atomic mass is 16.2. The monoisotopic (exact) mass is 290 g/mol. The van der Waals surface area contributed by atoms with Crippen molar-refractivity contribution in [1.82, 2.24) is 19.8 Å². The van der Waals surface area contributed by atoms with E-state index < -0.39 is 0 Å². The molecule has 0 N–H and O–H groups in total. The Kier molecular flexibility index (Phi) is 4.55. The fourth-order valence-corrected chi connectivity index (χ4v) is 2.37. The van der Waals surface area contributed by atoms with E-state index in [1.807, 2.05) is 25.7 Å². The van der Waals surface area contributed by atoms with Crippen LogP contribution in [0, 0.1) is 5.41 Å². The second kappa shape index (κ2) is 6.20. The molecule has 0 aromatic carbocycles. The van der Waals surface area contributed by atoms with E-state index in [9.17, 15) is 9.59 Å². The Bertz CT molecular complexity index is 510. The summed E-state index contributed by atoms with van der Waals surface area (Å²) in [6.45, 7) is 8.21. The summed E-state index contributed by atoms with van der Waals surface area (Å²) in [4.78, 5) is 36.2. The number of aromatic nitrogens is 2. The Balaban J connectivity index is 2.01. The maximum Gasteiger partial charge on any atom is 0.274 e. The fraction of sp³-hybridized carbons (Fsp3) is 0.600. The van der Waals surface area contributed by atoms with Crippen molar-refractivity contribution in [2.45, 2.75) is 27.2 Å². The predicted molar refractivity (Wildman–Crippen MR) is 78.6 cm³/mol. The molecule has 0 radical (unpaired) electrons. The van der Waals surface area contributed by atoms with Gasteiger partial charge in [-0.05, 0) is 6.42 Å². The van der Waals surface area contributed by atoms with Crippen molar-refractivity contribution >= 4 is 11.8 Å². The maximum atomic E-state index is 12.3. The minimum absolute atomic E-state index is 0.117. The molecular formula is C15H22N4O2. The van der Waals surface area contributed by atoms with Crippen LogP contribution in [0.25, 0.3) is 0 Å². The summed E-state index contributed by atoms with van der Waals surface area (Å²) in [6, 6.07) is 0. The number of rotatable bonds is 1. The molecule has 1 aromatic rings. The normalized spacial score (nSPS) is 16.5. The quantitative estimate of drug-likeness (QED) is 0.779. The van der Waals surface area contributed by atoms with E-state index >= 15 is 0 Å². The first-order chi connectivity index (χ1) is 9.89. The molecular weight excluding hydrogens is 268 g/mol. The van der Waals surface area contributed by atoms with E-state index in [1.165, 1.54) is 12.4 Å². The summed E-state index contributed by atoms with van der Waals surface area (Å²) in [5, 5.41) is 0. The van der Waals surface area contributed by atoms with E-state index in [0.29, 0.717) is 31.9 Å².